The molecule has 1 aliphatic heterocycles. The zero-order valence-electron chi connectivity index (χ0n) is 17.6. The molecule has 0 amide bonds. The number of nitrogens with zero attached hydrogens (tertiary/aromatic N) is 5. The summed E-state index contributed by atoms with van der Waals surface area (Å²) in [5.41, 5.74) is 6.17. The van der Waals surface area contributed by atoms with Crippen molar-refractivity contribution in [1.82, 2.24) is 20.0 Å². The van der Waals surface area contributed by atoms with Gasteiger partial charge in [-0.3, -0.25) is 9.67 Å². The summed E-state index contributed by atoms with van der Waals surface area (Å²) in [6, 6.07) is 6.11. The first-order valence-corrected chi connectivity index (χ1v) is 10.2. The second kappa shape index (κ2) is 8.86. The van der Waals surface area contributed by atoms with Crippen LogP contribution in [0.25, 0.3) is 0 Å². The van der Waals surface area contributed by atoms with Gasteiger partial charge in [0.1, 0.15) is 0 Å². The Hall–Kier alpha value is -2.21. The van der Waals surface area contributed by atoms with Crippen LogP contribution in [-0.4, -0.2) is 60.4 Å². The van der Waals surface area contributed by atoms with E-state index in [4.69, 9.17) is 11.6 Å². The third-order valence-electron chi connectivity index (χ3n) is 5.62. The summed E-state index contributed by atoms with van der Waals surface area (Å²) in [7, 11) is 3.86. The minimum atomic E-state index is 0.793. The lowest BCUT2D eigenvalue weighted by molar-refractivity contribution is 0.373. The van der Waals surface area contributed by atoms with Crippen LogP contribution in [0.1, 0.15) is 22.5 Å². The molecule has 2 aromatic rings. The van der Waals surface area contributed by atoms with E-state index in [-0.39, 0.29) is 0 Å². The molecule has 0 radical (unpaired) electrons. The number of nitrogens with one attached hydrogen (secondary N) is 1. The third kappa shape index (κ3) is 4.43. The zero-order chi connectivity index (χ0) is 20.3. The molecule has 2 heterocycles. The minimum Gasteiger partial charge on any atom is -0.368 e. The van der Waals surface area contributed by atoms with Gasteiger partial charge >= 0.3 is 0 Å². The fraction of sp³-hybridized carbons (Fsp3) is 0.524. The molecule has 6 nitrogen and oxygen atoms in total. The second-order valence-electron chi connectivity index (χ2n) is 7.40. The molecule has 0 bridgehead atoms. The minimum absolute atomic E-state index is 0.793. The Bertz CT molecular complexity index is 849. The molecule has 0 atom stereocenters. The topological polar surface area (TPSA) is 48.7 Å². The lowest BCUT2D eigenvalue weighted by Gasteiger charge is -2.38. The number of hydrogen-bond donors (Lipinski definition) is 1. The maximum Gasteiger partial charge on any atom is 0.193 e. The molecule has 1 N–H and O–H groups in total. The fourth-order valence-electron chi connectivity index (χ4n) is 3.89. The van der Waals surface area contributed by atoms with Crippen molar-refractivity contribution in [2.24, 2.45) is 12.0 Å². The number of aliphatic imine (C=N–C) groups is 1. The Morgan fingerprint density at radius 3 is 2.50 bits per heavy atom. The van der Waals surface area contributed by atoms with Gasteiger partial charge in [0.2, 0.25) is 0 Å². The van der Waals surface area contributed by atoms with Gasteiger partial charge in [0, 0.05) is 63.2 Å². The predicted molar refractivity (Wildman–Crippen MR) is 118 cm³/mol. The van der Waals surface area contributed by atoms with E-state index < -0.39 is 0 Å². The molecule has 1 aromatic heterocycles. The average Bonchev–Trinajstić information content (AvgIpc) is 2.93. The van der Waals surface area contributed by atoms with Crippen LogP contribution in [-0.2, 0) is 13.5 Å². The number of rotatable bonds is 4. The summed E-state index contributed by atoms with van der Waals surface area (Å²) in [4.78, 5) is 9.24. The van der Waals surface area contributed by atoms with E-state index in [0.29, 0.717) is 0 Å². The highest BCUT2D eigenvalue weighted by atomic mass is 35.5. The maximum absolute atomic E-state index is 6.20. The fourth-order valence-corrected chi connectivity index (χ4v) is 4.06. The quantitative estimate of drug-likeness (QED) is 0.631. The molecule has 0 saturated carbocycles. The summed E-state index contributed by atoms with van der Waals surface area (Å²) in [6.07, 6.45) is 0.951. The number of halogens is 1. The number of aryl methyl sites for hydroxylation is 3. The molecular weight excluding hydrogens is 372 g/mol. The van der Waals surface area contributed by atoms with E-state index in [1.54, 1.807) is 0 Å². The van der Waals surface area contributed by atoms with Gasteiger partial charge in [-0.2, -0.15) is 5.10 Å². The number of piperazine rings is 1. The molecule has 7 heteroatoms. The molecule has 1 aliphatic rings. The molecule has 1 saturated heterocycles. The van der Waals surface area contributed by atoms with Crippen molar-refractivity contribution in [3.05, 3.63) is 45.7 Å². The SMILES string of the molecule is CN=C(NCCc1c(C)nn(C)c1C)N1CCN(c2cc(Cl)ccc2C)CC1. The summed E-state index contributed by atoms with van der Waals surface area (Å²) in [5, 5.41) is 8.82. The Morgan fingerprint density at radius 1 is 1.18 bits per heavy atom. The molecule has 0 unspecified atom stereocenters. The van der Waals surface area contributed by atoms with Crippen molar-refractivity contribution in [2.75, 3.05) is 44.7 Å². The molecular formula is C21H31ClN6. The molecule has 152 valence electrons. The van der Waals surface area contributed by atoms with Crippen LogP contribution < -0.4 is 10.2 Å². The first-order valence-electron chi connectivity index (χ1n) is 9.86. The van der Waals surface area contributed by atoms with Gasteiger partial charge in [-0.15, -0.1) is 0 Å². The van der Waals surface area contributed by atoms with Crippen molar-refractivity contribution < 1.29 is 0 Å². The number of aromatic nitrogens is 2. The van der Waals surface area contributed by atoms with Crippen LogP contribution in [0.5, 0.6) is 0 Å². The van der Waals surface area contributed by atoms with E-state index >= 15 is 0 Å². The van der Waals surface area contributed by atoms with Crippen LogP contribution in [0, 0.1) is 20.8 Å². The summed E-state index contributed by atoms with van der Waals surface area (Å²) in [6.45, 7) is 11.0. The van der Waals surface area contributed by atoms with Crippen LogP contribution in [0.15, 0.2) is 23.2 Å². The first-order chi connectivity index (χ1) is 13.4. The van der Waals surface area contributed by atoms with Crippen molar-refractivity contribution in [3.63, 3.8) is 0 Å². The molecule has 3 rings (SSSR count). The van der Waals surface area contributed by atoms with Crippen LogP contribution >= 0.6 is 11.6 Å². The van der Waals surface area contributed by atoms with Crippen LogP contribution in [0.4, 0.5) is 5.69 Å². The van der Waals surface area contributed by atoms with Crippen molar-refractivity contribution in [3.8, 4) is 0 Å². The van der Waals surface area contributed by atoms with Crippen molar-refractivity contribution in [2.45, 2.75) is 27.2 Å². The van der Waals surface area contributed by atoms with E-state index in [1.807, 2.05) is 24.8 Å². The summed E-state index contributed by atoms with van der Waals surface area (Å²) < 4.78 is 1.95. The van der Waals surface area contributed by atoms with Crippen LogP contribution in [0.3, 0.4) is 0 Å². The van der Waals surface area contributed by atoms with Gasteiger partial charge in [-0.05, 0) is 50.5 Å². The third-order valence-corrected chi connectivity index (χ3v) is 5.85. The van der Waals surface area contributed by atoms with Gasteiger partial charge < -0.3 is 15.1 Å². The van der Waals surface area contributed by atoms with Gasteiger partial charge in [0.15, 0.2) is 5.96 Å². The van der Waals surface area contributed by atoms with E-state index in [0.717, 1.165) is 55.8 Å². The van der Waals surface area contributed by atoms with Gasteiger partial charge in [0.05, 0.1) is 5.69 Å². The molecule has 1 fully saturated rings. The standard InChI is InChI=1S/C21H31ClN6/c1-15-6-7-18(22)14-20(15)27-10-12-28(13-11-27)21(23-4)24-9-8-19-16(2)25-26(5)17(19)3/h6-7,14H,8-13H2,1-5H3,(H,23,24). The number of anilines is 1. The highest BCUT2D eigenvalue weighted by Gasteiger charge is 2.21. The normalized spacial score (nSPS) is 15.3. The lowest BCUT2D eigenvalue weighted by atomic mass is 10.1. The predicted octanol–water partition coefficient (Wildman–Crippen LogP) is 2.94. The summed E-state index contributed by atoms with van der Waals surface area (Å²) in [5.74, 6) is 0.974. The highest BCUT2D eigenvalue weighted by Crippen LogP contribution is 2.25. The smallest absolute Gasteiger partial charge is 0.193 e. The molecule has 0 spiro atoms. The molecule has 1 aromatic carbocycles. The maximum atomic E-state index is 6.20. The second-order valence-corrected chi connectivity index (χ2v) is 7.84. The Balaban J connectivity index is 1.54. The van der Waals surface area contributed by atoms with E-state index in [1.165, 1.54) is 22.5 Å². The van der Waals surface area contributed by atoms with E-state index in [2.05, 4.69) is 58.1 Å². The zero-order valence-corrected chi connectivity index (χ0v) is 18.3. The average molecular weight is 403 g/mol. The Morgan fingerprint density at radius 2 is 1.89 bits per heavy atom. The Labute approximate surface area is 173 Å². The number of benzene rings is 1. The largest absolute Gasteiger partial charge is 0.368 e. The van der Waals surface area contributed by atoms with E-state index in [9.17, 15) is 0 Å². The monoisotopic (exact) mass is 402 g/mol. The van der Waals surface area contributed by atoms with Crippen molar-refractivity contribution in [1.29, 1.82) is 0 Å². The molecule has 0 aliphatic carbocycles. The number of hydrogen-bond acceptors (Lipinski definition) is 3. The first kappa shape index (κ1) is 20.5. The summed E-state index contributed by atoms with van der Waals surface area (Å²) >= 11 is 6.20. The van der Waals surface area contributed by atoms with Gasteiger partial charge in [-0.25, -0.2) is 0 Å². The van der Waals surface area contributed by atoms with Gasteiger partial charge in [0.25, 0.3) is 0 Å². The highest BCUT2D eigenvalue weighted by molar-refractivity contribution is 6.30. The van der Waals surface area contributed by atoms with Gasteiger partial charge in [-0.1, -0.05) is 17.7 Å². The lowest BCUT2D eigenvalue weighted by Crippen LogP contribution is -2.53. The van der Waals surface area contributed by atoms with Crippen molar-refractivity contribution >= 4 is 23.2 Å². The molecule has 28 heavy (non-hydrogen) atoms. The number of guanidine groups is 1. The Kier molecular flexibility index (Phi) is 6.50. The van der Waals surface area contributed by atoms with Crippen LogP contribution in [0.2, 0.25) is 5.02 Å².